The van der Waals surface area contributed by atoms with Crippen molar-refractivity contribution in [2.75, 3.05) is 26.2 Å². The molecular formula is C17H20FN3O2. The molecule has 1 aliphatic heterocycles. The summed E-state index contributed by atoms with van der Waals surface area (Å²) in [4.78, 5) is 16.5. The molecule has 0 bridgehead atoms. The van der Waals surface area contributed by atoms with Crippen molar-refractivity contribution < 1.29 is 13.7 Å². The molecule has 2 aromatic rings. The first-order chi connectivity index (χ1) is 11.1. The summed E-state index contributed by atoms with van der Waals surface area (Å²) in [6.07, 6.45) is 0.903. The van der Waals surface area contributed by atoms with E-state index in [-0.39, 0.29) is 11.7 Å². The van der Waals surface area contributed by atoms with Gasteiger partial charge in [0.05, 0.1) is 5.69 Å². The first kappa shape index (κ1) is 15.7. The van der Waals surface area contributed by atoms with Crippen LogP contribution in [0.5, 0.6) is 0 Å². The Morgan fingerprint density at radius 2 is 2.00 bits per heavy atom. The lowest BCUT2D eigenvalue weighted by Crippen LogP contribution is -2.34. The lowest BCUT2D eigenvalue weighted by molar-refractivity contribution is 0.0719. The van der Waals surface area contributed by atoms with Crippen LogP contribution >= 0.6 is 0 Å². The lowest BCUT2D eigenvalue weighted by atomic mass is 10.2. The summed E-state index contributed by atoms with van der Waals surface area (Å²) >= 11 is 0. The molecule has 1 saturated heterocycles. The van der Waals surface area contributed by atoms with E-state index >= 15 is 0 Å². The molecule has 122 valence electrons. The van der Waals surface area contributed by atoms with Crippen molar-refractivity contribution in [2.45, 2.75) is 19.9 Å². The molecule has 2 heterocycles. The topological polar surface area (TPSA) is 49.6 Å². The average Bonchev–Trinajstić information content (AvgIpc) is 2.84. The molecule has 0 N–H and O–H groups in total. The van der Waals surface area contributed by atoms with E-state index in [1.807, 2.05) is 4.90 Å². The standard InChI is InChI=1S/C17H20FN3O2/c1-13-11-16(23-19-13)17(22)21-8-2-7-20(9-10-21)12-14-3-5-15(18)6-4-14/h3-6,11H,2,7-10,12H2,1H3. The van der Waals surface area contributed by atoms with Gasteiger partial charge in [0.25, 0.3) is 5.91 Å². The van der Waals surface area contributed by atoms with E-state index in [0.29, 0.717) is 24.5 Å². The number of rotatable bonds is 3. The maximum Gasteiger partial charge on any atom is 0.292 e. The zero-order chi connectivity index (χ0) is 16.2. The second-order valence-corrected chi connectivity index (χ2v) is 5.88. The maximum atomic E-state index is 13.0. The van der Waals surface area contributed by atoms with Crippen LogP contribution in [0.2, 0.25) is 0 Å². The van der Waals surface area contributed by atoms with E-state index in [0.717, 1.165) is 31.6 Å². The van der Waals surface area contributed by atoms with Gasteiger partial charge in [-0.2, -0.15) is 0 Å². The third-order valence-electron chi connectivity index (χ3n) is 4.03. The highest BCUT2D eigenvalue weighted by molar-refractivity contribution is 5.91. The molecule has 1 fully saturated rings. The van der Waals surface area contributed by atoms with Crippen molar-refractivity contribution in [3.63, 3.8) is 0 Å². The fourth-order valence-corrected chi connectivity index (χ4v) is 2.80. The molecule has 0 atom stereocenters. The SMILES string of the molecule is Cc1cc(C(=O)N2CCCN(Cc3ccc(F)cc3)CC2)on1. The minimum Gasteiger partial charge on any atom is -0.351 e. The normalized spacial score (nSPS) is 16.3. The summed E-state index contributed by atoms with van der Waals surface area (Å²) in [5.41, 5.74) is 1.79. The Balaban J connectivity index is 1.58. The molecule has 0 spiro atoms. The van der Waals surface area contributed by atoms with Gasteiger partial charge in [-0.05, 0) is 31.0 Å². The van der Waals surface area contributed by atoms with Crippen molar-refractivity contribution in [2.24, 2.45) is 0 Å². The van der Waals surface area contributed by atoms with Gasteiger partial charge in [0.2, 0.25) is 5.76 Å². The summed E-state index contributed by atoms with van der Waals surface area (Å²) < 4.78 is 18.0. The van der Waals surface area contributed by atoms with Crippen LogP contribution in [0.3, 0.4) is 0 Å². The Bertz CT molecular complexity index is 669. The minimum atomic E-state index is -0.219. The second-order valence-electron chi connectivity index (χ2n) is 5.88. The largest absolute Gasteiger partial charge is 0.351 e. The van der Waals surface area contributed by atoms with Gasteiger partial charge < -0.3 is 9.42 Å². The summed E-state index contributed by atoms with van der Waals surface area (Å²) in [6, 6.07) is 8.24. The molecule has 5 nitrogen and oxygen atoms in total. The number of carbonyl (C=O) groups is 1. The molecule has 1 amide bonds. The molecule has 1 aromatic heterocycles. The third-order valence-corrected chi connectivity index (χ3v) is 4.03. The summed E-state index contributed by atoms with van der Waals surface area (Å²) in [5.74, 6) is -0.0209. The van der Waals surface area contributed by atoms with Crippen LogP contribution < -0.4 is 0 Å². The van der Waals surface area contributed by atoms with Crippen LogP contribution in [-0.2, 0) is 6.54 Å². The highest BCUT2D eigenvalue weighted by Gasteiger charge is 2.23. The fraction of sp³-hybridized carbons (Fsp3) is 0.412. The van der Waals surface area contributed by atoms with Crippen LogP contribution in [0.15, 0.2) is 34.9 Å². The fourth-order valence-electron chi connectivity index (χ4n) is 2.80. The molecule has 6 heteroatoms. The predicted molar refractivity (Wildman–Crippen MR) is 83.4 cm³/mol. The van der Waals surface area contributed by atoms with Crippen molar-refractivity contribution in [1.82, 2.24) is 15.0 Å². The number of hydrogen-bond donors (Lipinski definition) is 0. The lowest BCUT2D eigenvalue weighted by Gasteiger charge is -2.21. The van der Waals surface area contributed by atoms with Crippen LogP contribution in [0.4, 0.5) is 4.39 Å². The van der Waals surface area contributed by atoms with E-state index in [1.165, 1.54) is 12.1 Å². The Hall–Kier alpha value is -2.21. The smallest absolute Gasteiger partial charge is 0.292 e. The molecule has 0 unspecified atom stereocenters. The van der Waals surface area contributed by atoms with Crippen LogP contribution in [-0.4, -0.2) is 47.0 Å². The first-order valence-electron chi connectivity index (χ1n) is 7.81. The number of aryl methyl sites for hydroxylation is 1. The van der Waals surface area contributed by atoms with Crippen molar-refractivity contribution in [3.8, 4) is 0 Å². The quantitative estimate of drug-likeness (QED) is 0.872. The van der Waals surface area contributed by atoms with E-state index in [4.69, 9.17) is 4.52 Å². The maximum absolute atomic E-state index is 13.0. The van der Waals surface area contributed by atoms with Gasteiger partial charge >= 0.3 is 0 Å². The van der Waals surface area contributed by atoms with E-state index < -0.39 is 0 Å². The molecule has 23 heavy (non-hydrogen) atoms. The Labute approximate surface area is 134 Å². The van der Waals surface area contributed by atoms with Gasteiger partial charge in [-0.25, -0.2) is 4.39 Å². The number of benzene rings is 1. The molecule has 0 saturated carbocycles. The van der Waals surface area contributed by atoms with E-state index in [9.17, 15) is 9.18 Å². The zero-order valence-corrected chi connectivity index (χ0v) is 13.2. The monoisotopic (exact) mass is 317 g/mol. The number of aromatic nitrogens is 1. The molecule has 0 aliphatic carbocycles. The van der Waals surface area contributed by atoms with Gasteiger partial charge in [-0.3, -0.25) is 9.69 Å². The number of hydrogen-bond acceptors (Lipinski definition) is 4. The minimum absolute atomic E-state index is 0.103. The van der Waals surface area contributed by atoms with Crippen molar-refractivity contribution >= 4 is 5.91 Å². The van der Waals surface area contributed by atoms with Crippen molar-refractivity contribution in [3.05, 3.63) is 53.2 Å². The summed E-state index contributed by atoms with van der Waals surface area (Å²) in [7, 11) is 0. The summed E-state index contributed by atoms with van der Waals surface area (Å²) in [6.45, 7) is 5.63. The number of nitrogens with zero attached hydrogens (tertiary/aromatic N) is 3. The third kappa shape index (κ3) is 3.96. The average molecular weight is 317 g/mol. The Morgan fingerprint density at radius 1 is 1.22 bits per heavy atom. The molecule has 0 radical (unpaired) electrons. The Kier molecular flexibility index (Phi) is 4.71. The highest BCUT2D eigenvalue weighted by Crippen LogP contribution is 2.13. The van der Waals surface area contributed by atoms with Crippen LogP contribution in [0.25, 0.3) is 0 Å². The molecular weight excluding hydrogens is 297 g/mol. The van der Waals surface area contributed by atoms with Gasteiger partial charge in [0.15, 0.2) is 0 Å². The zero-order valence-electron chi connectivity index (χ0n) is 13.2. The van der Waals surface area contributed by atoms with E-state index in [1.54, 1.807) is 25.1 Å². The molecule has 1 aromatic carbocycles. The highest BCUT2D eigenvalue weighted by atomic mass is 19.1. The first-order valence-corrected chi connectivity index (χ1v) is 7.81. The second kappa shape index (κ2) is 6.91. The van der Waals surface area contributed by atoms with Crippen LogP contribution in [0, 0.1) is 12.7 Å². The van der Waals surface area contributed by atoms with Crippen molar-refractivity contribution in [1.29, 1.82) is 0 Å². The Morgan fingerprint density at radius 3 is 2.70 bits per heavy atom. The van der Waals surface area contributed by atoms with Crippen LogP contribution in [0.1, 0.15) is 28.2 Å². The van der Waals surface area contributed by atoms with Gasteiger partial charge in [0, 0.05) is 38.8 Å². The number of carbonyl (C=O) groups excluding carboxylic acids is 1. The van der Waals surface area contributed by atoms with Gasteiger partial charge in [-0.15, -0.1) is 0 Å². The molecule has 3 rings (SSSR count). The summed E-state index contributed by atoms with van der Waals surface area (Å²) in [5, 5.41) is 3.77. The molecule has 1 aliphatic rings. The predicted octanol–water partition coefficient (Wildman–Crippen LogP) is 2.47. The number of amides is 1. The van der Waals surface area contributed by atoms with Gasteiger partial charge in [0.1, 0.15) is 5.82 Å². The van der Waals surface area contributed by atoms with Gasteiger partial charge in [-0.1, -0.05) is 17.3 Å². The number of halogens is 1. The van der Waals surface area contributed by atoms with E-state index in [2.05, 4.69) is 10.1 Å².